The molecule has 2 rings (SSSR count). The van der Waals surface area contributed by atoms with Gasteiger partial charge in [0.25, 0.3) is 0 Å². The van der Waals surface area contributed by atoms with E-state index in [9.17, 15) is 0 Å². The van der Waals surface area contributed by atoms with Crippen LogP contribution in [-0.2, 0) is 4.74 Å². The lowest BCUT2D eigenvalue weighted by molar-refractivity contribution is 0.0742. The molecule has 2 nitrogen and oxygen atoms in total. The van der Waals surface area contributed by atoms with Crippen LogP contribution in [0, 0.1) is 0 Å². The molecule has 0 amide bonds. The largest absolute Gasteiger partial charge is 0.374 e. The Morgan fingerprint density at radius 1 is 1.25 bits per heavy atom. The SMILES string of the molecule is CCC[C@H](C)OCC1=C(c2ccccc2)CN(C)CC1. The summed E-state index contributed by atoms with van der Waals surface area (Å²) < 4.78 is 6.03. The molecule has 0 bridgehead atoms. The van der Waals surface area contributed by atoms with Crippen molar-refractivity contribution in [2.45, 2.75) is 39.2 Å². The summed E-state index contributed by atoms with van der Waals surface area (Å²) in [6.45, 7) is 7.35. The van der Waals surface area contributed by atoms with Crippen LogP contribution in [0.15, 0.2) is 35.9 Å². The fraction of sp³-hybridized carbons (Fsp3) is 0.556. The molecule has 20 heavy (non-hydrogen) atoms. The van der Waals surface area contributed by atoms with Gasteiger partial charge in [-0.25, -0.2) is 0 Å². The molecule has 0 saturated carbocycles. The van der Waals surface area contributed by atoms with E-state index in [1.807, 2.05) is 0 Å². The van der Waals surface area contributed by atoms with Gasteiger partial charge in [-0.15, -0.1) is 0 Å². The first kappa shape index (κ1) is 15.3. The smallest absolute Gasteiger partial charge is 0.0687 e. The van der Waals surface area contributed by atoms with Crippen LogP contribution >= 0.6 is 0 Å². The van der Waals surface area contributed by atoms with Gasteiger partial charge >= 0.3 is 0 Å². The van der Waals surface area contributed by atoms with Gasteiger partial charge in [-0.2, -0.15) is 0 Å². The highest BCUT2D eigenvalue weighted by atomic mass is 16.5. The zero-order chi connectivity index (χ0) is 14.4. The Morgan fingerprint density at radius 3 is 2.70 bits per heavy atom. The summed E-state index contributed by atoms with van der Waals surface area (Å²) in [5, 5.41) is 0. The predicted octanol–water partition coefficient (Wildman–Crippen LogP) is 3.98. The number of ether oxygens (including phenoxy) is 1. The molecule has 0 radical (unpaired) electrons. The third-order valence-electron chi connectivity index (χ3n) is 4.01. The van der Waals surface area contributed by atoms with Crippen LogP contribution in [0.4, 0.5) is 0 Å². The van der Waals surface area contributed by atoms with Crippen LogP contribution in [0.3, 0.4) is 0 Å². The zero-order valence-corrected chi connectivity index (χ0v) is 13.1. The van der Waals surface area contributed by atoms with E-state index < -0.39 is 0 Å². The summed E-state index contributed by atoms with van der Waals surface area (Å²) in [6, 6.07) is 10.7. The summed E-state index contributed by atoms with van der Waals surface area (Å²) in [5.41, 5.74) is 4.29. The van der Waals surface area contributed by atoms with Gasteiger partial charge < -0.3 is 9.64 Å². The minimum Gasteiger partial charge on any atom is -0.374 e. The molecule has 110 valence electrons. The van der Waals surface area contributed by atoms with Gasteiger partial charge in [-0.05, 0) is 43.5 Å². The van der Waals surface area contributed by atoms with E-state index in [1.54, 1.807) is 0 Å². The highest BCUT2D eigenvalue weighted by Gasteiger charge is 2.18. The molecule has 0 N–H and O–H groups in total. The van der Waals surface area contributed by atoms with Gasteiger partial charge in [0.1, 0.15) is 0 Å². The summed E-state index contributed by atoms with van der Waals surface area (Å²) in [7, 11) is 2.19. The van der Waals surface area contributed by atoms with Crippen molar-refractivity contribution in [3.8, 4) is 0 Å². The standard InChI is InChI=1S/C18H27NO/c1-4-8-15(2)20-14-17-11-12-19(3)13-18(17)16-9-6-5-7-10-16/h5-7,9-10,15H,4,8,11-14H2,1-3H3/t15-/m0/s1. The van der Waals surface area contributed by atoms with Gasteiger partial charge in [0, 0.05) is 13.1 Å². The topological polar surface area (TPSA) is 12.5 Å². The first-order valence-corrected chi connectivity index (χ1v) is 7.77. The van der Waals surface area contributed by atoms with Crippen molar-refractivity contribution in [2.75, 3.05) is 26.7 Å². The molecule has 0 unspecified atom stereocenters. The Morgan fingerprint density at radius 2 is 2.00 bits per heavy atom. The van der Waals surface area contributed by atoms with Crippen LogP contribution in [-0.4, -0.2) is 37.7 Å². The second-order valence-corrected chi connectivity index (χ2v) is 5.85. The maximum atomic E-state index is 6.03. The molecule has 1 atom stereocenters. The molecule has 2 heteroatoms. The van der Waals surface area contributed by atoms with Crippen molar-refractivity contribution in [1.82, 2.24) is 4.90 Å². The van der Waals surface area contributed by atoms with Crippen molar-refractivity contribution in [2.24, 2.45) is 0 Å². The first-order chi connectivity index (χ1) is 9.70. The molecule has 0 saturated heterocycles. The second-order valence-electron chi connectivity index (χ2n) is 5.85. The summed E-state index contributed by atoms with van der Waals surface area (Å²) in [5.74, 6) is 0. The minimum atomic E-state index is 0.365. The third kappa shape index (κ3) is 4.19. The fourth-order valence-electron chi connectivity index (χ4n) is 2.76. The van der Waals surface area contributed by atoms with E-state index >= 15 is 0 Å². The molecule has 0 spiro atoms. The highest BCUT2D eigenvalue weighted by molar-refractivity contribution is 5.71. The Bertz CT molecular complexity index is 438. The van der Waals surface area contributed by atoms with Gasteiger partial charge in [0.05, 0.1) is 12.7 Å². The number of hydrogen-bond donors (Lipinski definition) is 0. The number of likely N-dealkylation sites (N-methyl/N-ethyl adjacent to an activating group) is 1. The molecular weight excluding hydrogens is 246 g/mol. The first-order valence-electron chi connectivity index (χ1n) is 7.77. The van der Waals surface area contributed by atoms with Crippen LogP contribution < -0.4 is 0 Å². The van der Waals surface area contributed by atoms with Crippen molar-refractivity contribution in [3.05, 3.63) is 41.5 Å². The fourth-order valence-corrected chi connectivity index (χ4v) is 2.76. The lowest BCUT2D eigenvalue weighted by Gasteiger charge is -2.29. The van der Waals surface area contributed by atoms with E-state index in [0.717, 1.165) is 32.5 Å². The second kappa shape index (κ2) is 7.61. The van der Waals surface area contributed by atoms with Crippen molar-refractivity contribution in [1.29, 1.82) is 0 Å². The van der Waals surface area contributed by atoms with Crippen LogP contribution in [0.1, 0.15) is 38.7 Å². The highest BCUT2D eigenvalue weighted by Crippen LogP contribution is 2.26. The average Bonchev–Trinajstić information content (AvgIpc) is 2.47. The third-order valence-corrected chi connectivity index (χ3v) is 4.01. The minimum absolute atomic E-state index is 0.365. The van der Waals surface area contributed by atoms with Gasteiger partial charge in [0.15, 0.2) is 0 Å². The number of hydrogen-bond acceptors (Lipinski definition) is 2. The molecule has 1 aromatic rings. The lowest BCUT2D eigenvalue weighted by atomic mass is 9.94. The van der Waals surface area contributed by atoms with E-state index in [4.69, 9.17) is 4.74 Å². The maximum Gasteiger partial charge on any atom is 0.0687 e. The maximum absolute atomic E-state index is 6.03. The van der Waals surface area contributed by atoms with Gasteiger partial charge in [-0.3, -0.25) is 0 Å². The molecule has 0 fully saturated rings. The van der Waals surface area contributed by atoms with E-state index in [2.05, 4.69) is 56.1 Å². The Hall–Kier alpha value is -1.12. The summed E-state index contributed by atoms with van der Waals surface area (Å²) >= 11 is 0. The molecule has 1 aromatic carbocycles. The normalized spacial score (nSPS) is 18.4. The molecule has 1 aliphatic rings. The quantitative estimate of drug-likeness (QED) is 0.777. The predicted molar refractivity (Wildman–Crippen MR) is 85.8 cm³/mol. The summed E-state index contributed by atoms with van der Waals surface area (Å²) in [4.78, 5) is 2.39. The average molecular weight is 273 g/mol. The summed E-state index contributed by atoms with van der Waals surface area (Å²) in [6.07, 6.45) is 3.83. The number of nitrogens with zero attached hydrogens (tertiary/aromatic N) is 1. The molecule has 0 aliphatic carbocycles. The molecule has 1 heterocycles. The Kier molecular flexibility index (Phi) is 5.81. The van der Waals surface area contributed by atoms with Gasteiger partial charge in [-0.1, -0.05) is 43.7 Å². The van der Waals surface area contributed by atoms with Crippen LogP contribution in [0.2, 0.25) is 0 Å². The molecule has 1 aliphatic heterocycles. The zero-order valence-electron chi connectivity index (χ0n) is 13.1. The van der Waals surface area contributed by atoms with E-state index in [-0.39, 0.29) is 0 Å². The Labute approximate surface area is 123 Å². The van der Waals surface area contributed by atoms with Crippen LogP contribution in [0.25, 0.3) is 5.57 Å². The monoisotopic (exact) mass is 273 g/mol. The van der Waals surface area contributed by atoms with Crippen molar-refractivity contribution in [3.63, 3.8) is 0 Å². The van der Waals surface area contributed by atoms with Crippen LogP contribution in [0.5, 0.6) is 0 Å². The molecule has 0 aromatic heterocycles. The lowest BCUT2D eigenvalue weighted by Crippen LogP contribution is -2.29. The Balaban J connectivity index is 2.12. The number of benzene rings is 1. The van der Waals surface area contributed by atoms with Gasteiger partial charge in [0.2, 0.25) is 0 Å². The van der Waals surface area contributed by atoms with Crippen molar-refractivity contribution >= 4 is 5.57 Å². The number of rotatable bonds is 6. The van der Waals surface area contributed by atoms with E-state index in [1.165, 1.54) is 23.1 Å². The molecular formula is C18H27NO. The van der Waals surface area contributed by atoms with Crippen molar-refractivity contribution < 1.29 is 4.74 Å². The van der Waals surface area contributed by atoms with E-state index in [0.29, 0.717) is 6.10 Å².